The lowest BCUT2D eigenvalue weighted by atomic mass is 10.1. The highest BCUT2D eigenvalue weighted by molar-refractivity contribution is 6.30. The highest BCUT2D eigenvalue weighted by Gasteiger charge is 2.16. The fourth-order valence-corrected chi connectivity index (χ4v) is 3.01. The molecule has 0 saturated carbocycles. The molecule has 0 amide bonds. The van der Waals surface area contributed by atoms with Crippen molar-refractivity contribution >= 4 is 34.5 Å². The number of fused-ring (bicyclic) bond motifs is 1. The van der Waals surface area contributed by atoms with Gasteiger partial charge in [0.1, 0.15) is 17.2 Å². The van der Waals surface area contributed by atoms with Gasteiger partial charge >= 0.3 is 12.1 Å². The van der Waals surface area contributed by atoms with E-state index in [1.54, 1.807) is 72.8 Å². The predicted octanol–water partition coefficient (Wildman–Crippen LogP) is 6.29. The number of carbonyl (C=O) groups is 2. The molecular formula is C24H15ClO5. The highest BCUT2D eigenvalue weighted by Crippen LogP contribution is 2.35. The van der Waals surface area contributed by atoms with Gasteiger partial charge in [-0.2, -0.15) is 0 Å². The van der Waals surface area contributed by atoms with Crippen LogP contribution in [0, 0.1) is 0 Å². The number of halogens is 1. The molecule has 0 aliphatic heterocycles. The van der Waals surface area contributed by atoms with E-state index in [-0.39, 0.29) is 11.5 Å². The second-order valence-corrected chi connectivity index (χ2v) is 6.71. The summed E-state index contributed by atoms with van der Waals surface area (Å²) in [7, 11) is 0. The van der Waals surface area contributed by atoms with Crippen molar-refractivity contribution < 1.29 is 23.8 Å². The molecule has 0 spiro atoms. The Morgan fingerprint density at radius 2 is 1.27 bits per heavy atom. The zero-order chi connectivity index (χ0) is 20.9. The number of hydrogen-bond acceptors (Lipinski definition) is 5. The van der Waals surface area contributed by atoms with Gasteiger partial charge in [0, 0.05) is 5.02 Å². The Hall–Kier alpha value is -3.83. The first-order valence-corrected chi connectivity index (χ1v) is 9.42. The summed E-state index contributed by atoms with van der Waals surface area (Å²) < 4.78 is 16.2. The topological polar surface area (TPSA) is 61.8 Å². The molecule has 4 aromatic carbocycles. The average molecular weight is 419 g/mol. The summed E-state index contributed by atoms with van der Waals surface area (Å²) >= 11 is 5.87. The van der Waals surface area contributed by atoms with Crippen molar-refractivity contribution in [2.75, 3.05) is 0 Å². The number of esters is 1. The maximum absolute atomic E-state index is 12.5. The molecule has 4 rings (SSSR count). The Labute approximate surface area is 177 Å². The van der Waals surface area contributed by atoms with Crippen LogP contribution in [0.25, 0.3) is 10.8 Å². The van der Waals surface area contributed by atoms with Crippen molar-refractivity contribution in [3.05, 3.63) is 102 Å². The number of para-hydroxylation sites is 1. The molecule has 0 aliphatic rings. The van der Waals surface area contributed by atoms with E-state index < -0.39 is 12.1 Å². The largest absolute Gasteiger partial charge is 0.519 e. The Bertz CT molecular complexity index is 1200. The van der Waals surface area contributed by atoms with Crippen molar-refractivity contribution in [2.45, 2.75) is 0 Å². The van der Waals surface area contributed by atoms with Gasteiger partial charge in [0.05, 0.1) is 10.9 Å². The van der Waals surface area contributed by atoms with Crippen molar-refractivity contribution in [1.29, 1.82) is 0 Å². The van der Waals surface area contributed by atoms with Gasteiger partial charge in [0.25, 0.3) is 0 Å². The van der Waals surface area contributed by atoms with Gasteiger partial charge in [0.15, 0.2) is 0 Å². The molecule has 0 heterocycles. The van der Waals surface area contributed by atoms with Crippen LogP contribution in [-0.2, 0) is 0 Å². The monoisotopic (exact) mass is 418 g/mol. The summed E-state index contributed by atoms with van der Waals surface area (Å²) in [6.07, 6.45) is -0.896. The minimum absolute atomic E-state index is 0.216. The van der Waals surface area contributed by atoms with Gasteiger partial charge in [-0.1, -0.05) is 54.1 Å². The van der Waals surface area contributed by atoms with Crippen LogP contribution in [-0.4, -0.2) is 12.1 Å². The van der Waals surface area contributed by atoms with E-state index in [1.807, 2.05) is 18.2 Å². The van der Waals surface area contributed by atoms with Crippen LogP contribution in [0.1, 0.15) is 10.4 Å². The zero-order valence-corrected chi connectivity index (χ0v) is 16.3. The summed E-state index contributed by atoms with van der Waals surface area (Å²) in [5, 5.41) is 1.73. The molecular weight excluding hydrogens is 404 g/mol. The third-order valence-corrected chi connectivity index (χ3v) is 4.50. The number of benzene rings is 4. The average Bonchev–Trinajstić information content (AvgIpc) is 2.75. The molecule has 0 aromatic heterocycles. The summed E-state index contributed by atoms with van der Waals surface area (Å²) in [5.74, 6) is 0.279. The molecule has 0 saturated heterocycles. The summed E-state index contributed by atoms with van der Waals surface area (Å²) in [6.45, 7) is 0. The van der Waals surface area contributed by atoms with Crippen LogP contribution in [0.4, 0.5) is 4.79 Å². The molecule has 0 atom stereocenters. The lowest BCUT2D eigenvalue weighted by Crippen LogP contribution is -2.14. The number of rotatable bonds is 4. The molecule has 148 valence electrons. The van der Waals surface area contributed by atoms with E-state index in [1.165, 1.54) is 0 Å². The van der Waals surface area contributed by atoms with Crippen LogP contribution in [0.3, 0.4) is 0 Å². The Balaban J connectivity index is 1.62. The zero-order valence-electron chi connectivity index (χ0n) is 15.6. The quantitative estimate of drug-likeness (QED) is 0.221. The summed E-state index contributed by atoms with van der Waals surface area (Å²) in [6, 6.07) is 25.3. The normalized spacial score (nSPS) is 10.4. The van der Waals surface area contributed by atoms with Crippen LogP contribution in [0.2, 0.25) is 5.02 Å². The van der Waals surface area contributed by atoms with Gasteiger partial charge < -0.3 is 14.2 Å². The molecule has 0 N–H and O–H groups in total. The van der Waals surface area contributed by atoms with Crippen LogP contribution in [0.5, 0.6) is 17.2 Å². The molecule has 5 nitrogen and oxygen atoms in total. The van der Waals surface area contributed by atoms with Crippen LogP contribution < -0.4 is 14.2 Å². The number of hydrogen-bond donors (Lipinski definition) is 0. The lowest BCUT2D eigenvalue weighted by Gasteiger charge is -2.12. The van der Waals surface area contributed by atoms with E-state index in [9.17, 15) is 9.59 Å². The molecule has 6 heteroatoms. The van der Waals surface area contributed by atoms with Gasteiger partial charge in [-0.05, 0) is 53.9 Å². The highest BCUT2D eigenvalue weighted by atomic mass is 35.5. The third-order valence-electron chi connectivity index (χ3n) is 4.25. The minimum atomic E-state index is -0.896. The summed E-state index contributed by atoms with van der Waals surface area (Å²) in [4.78, 5) is 24.8. The molecule has 30 heavy (non-hydrogen) atoms. The summed E-state index contributed by atoms with van der Waals surface area (Å²) in [5.41, 5.74) is 0.346. The minimum Gasteiger partial charge on any atom is -0.422 e. The number of ether oxygens (including phenoxy) is 3. The molecule has 4 aromatic rings. The first-order valence-electron chi connectivity index (χ1n) is 9.04. The molecule has 0 fully saturated rings. The smallest absolute Gasteiger partial charge is 0.422 e. The Morgan fingerprint density at radius 3 is 1.93 bits per heavy atom. The van der Waals surface area contributed by atoms with E-state index in [0.717, 1.165) is 5.39 Å². The third kappa shape index (κ3) is 4.42. The second-order valence-electron chi connectivity index (χ2n) is 6.27. The van der Waals surface area contributed by atoms with Crippen molar-refractivity contribution in [2.24, 2.45) is 0 Å². The SMILES string of the molecule is O=C(Oc1ccccc1)Oc1cccc2cccc(OC(=O)c3ccc(Cl)cc3)c12. The standard InChI is InChI=1S/C24H15ClO5/c25-18-14-12-17(13-15-18)23(26)29-20-10-4-6-16-7-5-11-21(22(16)20)30-24(27)28-19-8-2-1-3-9-19/h1-15H. The van der Waals surface area contributed by atoms with Crippen LogP contribution in [0.15, 0.2) is 91.0 Å². The van der Waals surface area contributed by atoms with Crippen molar-refractivity contribution in [3.63, 3.8) is 0 Å². The predicted molar refractivity (Wildman–Crippen MR) is 113 cm³/mol. The fraction of sp³-hybridized carbons (Fsp3) is 0. The lowest BCUT2D eigenvalue weighted by molar-refractivity contribution is 0.0737. The van der Waals surface area contributed by atoms with Crippen LogP contribution >= 0.6 is 11.6 Å². The molecule has 0 radical (unpaired) electrons. The van der Waals surface area contributed by atoms with Gasteiger partial charge in [-0.25, -0.2) is 9.59 Å². The van der Waals surface area contributed by atoms with E-state index in [4.69, 9.17) is 25.8 Å². The Kier molecular flexibility index (Phi) is 5.63. The van der Waals surface area contributed by atoms with Crippen molar-refractivity contribution in [3.8, 4) is 17.2 Å². The molecule has 0 bridgehead atoms. The number of carbonyl (C=O) groups excluding carboxylic acids is 2. The maximum atomic E-state index is 12.5. The van der Waals surface area contributed by atoms with E-state index >= 15 is 0 Å². The Morgan fingerprint density at radius 1 is 0.633 bits per heavy atom. The second kappa shape index (κ2) is 8.68. The maximum Gasteiger partial charge on any atom is 0.519 e. The first kappa shape index (κ1) is 19.5. The van der Waals surface area contributed by atoms with Gasteiger partial charge in [-0.3, -0.25) is 0 Å². The first-order chi connectivity index (χ1) is 14.6. The molecule has 0 aliphatic carbocycles. The van der Waals surface area contributed by atoms with Crippen molar-refractivity contribution in [1.82, 2.24) is 0 Å². The van der Waals surface area contributed by atoms with E-state index in [0.29, 0.717) is 21.7 Å². The van der Waals surface area contributed by atoms with E-state index in [2.05, 4.69) is 0 Å². The fourth-order valence-electron chi connectivity index (χ4n) is 2.88. The van der Waals surface area contributed by atoms with Gasteiger partial charge in [-0.15, -0.1) is 0 Å². The van der Waals surface area contributed by atoms with Gasteiger partial charge in [0.2, 0.25) is 0 Å². The molecule has 0 unspecified atom stereocenters.